The van der Waals surface area contributed by atoms with Crippen molar-refractivity contribution in [2.24, 2.45) is 0 Å². The Kier molecular flexibility index (Phi) is 1.85. The highest BCUT2D eigenvalue weighted by molar-refractivity contribution is 5.24. The second-order valence-electron chi connectivity index (χ2n) is 3.36. The average molecular weight is 161 g/mol. The molecule has 0 aliphatic carbocycles. The second-order valence-corrected chi connectivity index (χ2v) is 3.36. The predicted molar refractivity (Wildman–Crippen MR) is 48.4 cm³/mol. The first-order chi connectivity index (χ1) is 5.75. The molecule has 0 aromatic carbocycles. The predicted octanol–water partition coefficient (Wildman–Crippen LogP) is 1.54. The molecule has 0 radical (unpaired) electrons. The van der Waals surface area contributed by atoms with Gasteiger partial charge < -0.3 is 4.90 Å². The maximum Gasteiger partial charge on any atom is 0.0462 e. The largest absolute Gasteiger partial charge is 0.455 e. The molecule has 0 N–H and O–H groups in total. The molecular formula is C10H13N2-. The van der Waals surface area contributed by atoms with E-state index >= 15 is 0 Å². The van der Waals surface area contributed by atoms with Crippen LogP contribution >= 0.6 is 0 Å². The van der Waals surface area contributed by atoms with Gasteiger partial charge in [0.1, 0.15) is 0 Å². The molecular weight excluding hydrogens is 148 g/mol. The van der Waals surface area contributed by atoms with E-state index in [9.17, 15) is 0 Å². The van der Waals surface area contributed by atoms with Crippen LogP contribution in [-0.2, 0) is 13.0 Å². The van der Waals surface area contributed by atoms with Crippen molar-refractivity contribution >= 4 is 0 Å². The van der Waals surface area contributed by atoms with Crippen molar-refractivity contribution in [2.45, 2.75) is 19.9 Å². The van der Waals surface area contributed by atoms with Crippen LogP contribution in [0.3, 0.4) is 0 Å². The van der Waals surface area contributed by atoms with Crippen molar-refractivity contribution in [1.82, 2.24) is 9.88 Å². The van der Waals surface area contributed by atoms with Gasteiger partial charge in [-0.15, -0.1) is 0 Å². The number of aryl methyl sites for hydroxylation is 1. The molecule has 1 aromatic rings. The first-order valence-electron chi connectivity index (χ1n) is 4.26. The highest BCUT2D eigenvalue weighted by Crippen LogP contribution is 2.16. The molecule has 2 heteroatoms. The minimum Gasteiger partial charge on any atom is -0.455 e. The van der Waals surface area contributed by atoms with Gasteiger partial charge in [-0.25, -0.2) is 0 Å². The molecule has 12 heavy (non-hydrogen) atoms. The molecule has 0 spiro atoms. The number of fused-ring (bicyclic) bond motifs is 1. The quantitative estimate of drug-likeness (QED) is 0.536. The van der Waals surface area contributed by atoms with E-state index in [1.54, 1.807) is 0 Å². The lowest BCUT2D eigenvalue weighted by atomic mass is 10.1. The summed E-state index contributed by atoms with van der Waals surface area (Å²) in [6.45, 7) is 4.02. The summed E-state index contributed by atoms with van der Waals surface area (Å²) < 4.78 is 0. The summed E-state index contributed by atoms with van der Waals surface area (Å²) in [5.41, 5.74) is 3.71. The number of aromatic nitrogens is 1. The number of rotatable bonds is 0. The molecule has 1 aliphatic heterocycles. The van der Waals surface area contributed by atoms with Gasteiger partial charge in [0.15, 0.2) is 0 Å². The molecule has 0 amide bonds. The van der Waals surface area contributed by atoms with Crippen LogP contribution in [0.25, 0.3) is 0 Å². The van der Waals surface area contributed by atoms with Gasteiger partial charge in [0.05, 0.1) is 0 Å². The number of hydrogen-bond acceptors (Lipinski definition) is 2. The third-order valence-corrected chi connectivity index (χ3v) is 2.27. The van der Waals surface area contributed by atoms with Crippen LogP contribution in [0.5, 0.6) is 0 Å². The number of hydrogen-bond donors (Lipinski definition) is 0. The highest BCUT2D eigenvalue weighted by Gasteiger charge is 2.10. The number of nitrogens with zero attached hydrogens (tertiary/aromatic N) is 2. The Morgan fingerprint density at radius 3 is 3.17 bits per heavy atom. The molecule has 2 rings (SSSR count). The summed E-state index contributed by atoms with van der Waals surface area (Å²) in [4.78, 5) is 6.58. The third-order valence-electron chi connectivity index (χ3n) is 2.27. The first kappa shape index (κ1) is 7.74. The average Bonchev–Trinajstić information content (AvgIpc) is 2.05. The summed E-state index contributed by atoms with van der Waals surface area (Å²) in [7, 11) is 3.92. The molecule has 0 bridgehead atoms. The molecule has 0 atom stereocenters. The summed E-state index contributed by atoms with van der Waals surface area (Å²) >= 11 is 0. The SMILES string of the molecule is [CH2-]N1CCc2nc(C)ccc2C1. The van der Waals surface area contributed by atoms with Crippen molar-refractivity contribution < 1.29 is 0 Å². The standard InChI is InChI=1S/C10H13N2/c1-8-3-4-9-7-12(2)6-5-10(9)11-8/h3-4H,2,5-7H2,1H3/q-1. The lowest BCUT2D eigenvalue weighted by molar-refractivity contribution is 0.343. The Morgan fingerprint density at radius 2 is 2.33 bits per heavy atom. The zero-order valence-electron chi connectivity index (χ0n) is 7.38. The van der Waals surface area contributed by atoms with Crippen LogP contribution < -0.4 is 0 Å². The monoisotopic (exact) mass is 161 g/mol. The summed E-state index contributed by atoms with van der Waals surface area (Å²) in [6.07, 6.45) is 1.04. The molecule has 0 fully saturated rings. The van der Waals surface area contributed by atoms with Gasteiger partial charge in [-0.2, -0.15) is 0 Å². The zero-order valence-corrected chi connectivity index (χ0v) is 7.38. The molecule has 2 nitrogen and oxygen atoms in total. The van der Waals surface area contributed by atoms with E-state index in [1.165, 1.54) is 11.3 Å². The molecule has 1 aromatic heterocycles. The summed E-state index contributed by atoms with van der Waals surface area (Å²) in [6, 6.07) is 4.23. The Balaban J connectivity index is 2.37. The maximum atomic E-state index is 4.49. The van der Waals surface area contributed by atoms with E-state index in [2.05, 4.69) is 29.1 Å². The van der Waals surface area contributed by atoms with Gasteiger partial charge in [-0.1, -0.05) is 6.07 Å². The van der Waals surface area contributed by atoms with Crippen LogP contribution in [0.1, 0.15) is 17.0 Å². The Labute approximate surface area is 73.2 Å². The Morgan fingerprint density at radius 1 is 1.50 bits per heavy atom. The van der Waals surface area contributed by atoms with Gasteiger partial charge in [0, 0.05) is 17.8 Å². The van der Waals surface area contributed by atoms with Crippen LogP contribution in [0.2, 0.25) is 0 Å². The fourth-order valence-corrected chi connectivity index (χ4v) is 1.58. The van der Waals surface area contributed by atoms with Crippen molar-refractivity contribution in [3.05, 3.63) is 36.1 Å². The molecule has 2 heterocycles. The van der Waals surface area contributed by atoms with E-state index in [-0.39, 0.29) is 0 Å². The van der Waals surface area contributed by atoms with E-state index in [0.29, 0.717) is 0 Å². The van der Waals surface area contributed by atoms with Crippen molar-refractivity contribution in [1.29, 1.82) is 0 Å². The smallest absolute Gasteiger partial charge is 0.0462 e. The molecule has 0 saturated carbocycles. The topological polar surface area (TPSA) is 16.1 Å². The van der Waals surface area contributed by atoms with Crippen LogP contribution in [-0.4, -0.2) is 16.4 Å². The van der Waals surface area contributed by atoms with Crippen LogP contribution in [0.15, 0.2) is 12.1 Å². The van der Waals surface area contributed by atoms with E-state index in [1.807, 2.05) is 6.92 Å². The lowest BCUT2D eigenvalue weighted by Gasteiger charge is -2.30. The fraction of sp³-hybridized carbons (Fsp3) is 0.400. The molecule has 1 aliphatic rings. The fourth-order valence-electron chi connectivity index (χ4n) is 1.58. The van der Waals surface area contributed by atoms with E-state index < -0.39 is 0 Å². The lowest BCUT2D eigenvalue weighted by Crippen LogP contribution is -2.25. The molecule has 0 unspecified atom stereocenters. The van der Waals surface area contributed by atoms with Crippen molar-refractivity contribution in [2.75, 3.05) is 6.54 Å². The second kappa shape index (κ2) is 2.87. The maximum absolute atomic E-state index is 4.49. The van der Waals surface area contributed by atoms with Gasteiger partial charge in [0.25, 0.3) is 0 Å². The Bertz CT molecular complexity index is 294. The van der Waals surface area contributed by atoms with Gasteiger partial charge in [-0.3, -0.25) is 12.0 Å². The minimum absolute atomic E-state index is 0.947. The minimum atomic E-state index is 0.947. The summed E-state index contributed by atoms with van der Waals surface area (Å²) in [5, 5.41) is 0. The van der Waals surface area contributed by atoms with E-state index in [4.69, 9.17) is 0 Å². The zero-order chi connectivity index (χ0) is 8.55. The molecule has 0 saturated heterocycles. The van der Waals surface area contributed by atoms with Gasteiger partial charge >= 0.3 is 0 Å². The van der Waals surface area contributed by atoms with Crippen LogP contribution in [0.4, 0.5) is 0 Å². The van der Waals surface area contributed by atoms with Crippen LogP contribution in [0, 0.1) is 14.0 Å². The van der Waals surface area contributed by atoms with Gasteiger partial charge in [-0.05, 0) is 31.6 Å². The first-order valence-corrected chi connectivity index (χ1v) is 4.26. The summed E-state index contributed by atoms with van der Waals surface area (Å²) in [5.74, 6) is 0. The highest BCUT2D eigenvalue weighted by atomic mass is 15.1. The van der Waals surface area contributed by atoms with E-state index in [0.717, 1.165) is 25.2 Å². The number of pyridine rings is 1. The third kappa shape index (κ3) is 1.34. The van der Waals surface area contributed by atoms with Crippen molar-refractivity contribution in [3.8, 4) is 0 Å². The van der Waals surface area contributed by atoms with Gasteiger partial charge in [0.2, 0.25) is 0 Å². The van der Waals surface area contributed by atoms with Crippen molar-refractivity contribution in [3.63, 3.8) is 0 Å². The Hall–Kier alpha value is -0.890. The molecule has 64 valence electrons. The normalized spacial score (nSPS) is 17.5.